The second-order valence-electron chi connectivity index (χ2n) is 6.87. The van der Waals surface area contributed by atoms with Gasteiger partial charge in [-0.15, -0.1) is 0 Å². The predicted octanol–water partition coefficient (Wildman–Crippen LogP) is 3.93. The molecule has 1 amide bonds. The number of methoxy groups -OCH3 is 3. The molecule has 1 aromatic heterocycles. The van der Waals surface area contributed by atoms with Crippen LogP contribution in [0.2, 0.25) is 0 Å². The van der Waals surface area contributed by atoms with E-state index in [2.05, 4.69) is 5.32 Å². The number of aromatic nitrogens is 1. The van der Waals surface area contributed by atoms with E-state index in [1.807, 2.05) is 26.0 Å². The molecule has 0 aliphatic carbocycles. The zero-order valence-electron chi connectivity index (χ0n) is 17.8. The molecule has 0 aliphatic rings. The zero-order chi connectivity index (χ0) is 21.8. The number of hydrogen-bond donors (Lipinski definition) is 1. The number of pyridine rings is 1. The third kappa shape index (κ3) is 3.83. The SMILES string of the molecule is CCC(C(=O)Nc1ccc(OC)cc1OC)n1c(=O)cc(C)c2cccc(OC)c21. The number of rotatable bonds is 7. The van der Waals surface area contributed by atoms with Crippen molar-refractivity contribution < 1.29 is 19.0 Å². The second-order valence-corrected chi connectivity index (χ2v) is 6.87. The summed E-state index contributed by atoms with van der Waals surface area (Å²) in [5.74, 6) is 1.30. The van der Waals surface area contributed by atoms with Gasteiger partial charge in [-0.1, -0.05) is 19.1 Å². The van der Waals surface area contributed by atoms with Crippen LogP contribution in [0.4, 0.5) is 5.69 Å². The van der Waals surface area contributed by atoms with Crippen molar-refractivity contribution in [2.45, 2.75) is 26.3 Å². The van der Waals surface area contributed by atoms with Crippen LogP contribution in [0.5, 0.6) is 17.2 Å². The average Bonchev–Trinajstić information content (AvgIpc) is 2.76. The molecule has 1 N–H and O–H groups in total. The van der Waals surface area contributed by atoms with Crippen LogP contribution in [0.25, 0.3) is 10.9 Å². The molecule has 0 saturated carbocycles. The minimum atomic E-state index is -0.733. The van der Waals surface area contributed by atoms with Crippen molar-refractivity contribution in [3.63, 3.8) is 0 Å². The van der Waals surface area contributed by atoms with Gasteiger partial charge in [-0.05, 0) is 37.1 Å². The summed E-state index contributed by atoms with van der Waals surface area (Å²) in [6.45, 7) is 3.74. The predicted molar refractivity (Wildman–Crippen MR) is 117 cm³/mol. The van der Waals surface area contributed by atoms with Crippen LogP contribution in [-0.2, 0) is 4.79 Å². The number of carbonyl (C=O) groups is 1. The first kappa shape index (κ1) is 21.2. The number of hydrogen-bond acceptors (Lipinski definition) is 5. The molecule has 158 valence electrons. The Morgan fingerprint density at radius 1 is 1.03 bits per heavy atom. The molecule has 3 rings (SSSR count). The van der Waals surface area contributed by atoms with E-state index in [1.165, 1.54) is 11.7 Å². The molecule has 1 unspecified atom stereocenters. The number of ether oxygens (including phenoxy) is 3. The van der Waals surface area contributed by atoms with E-state index < -0.39 is 6.04 Å². The quantitative estimate of drug-likeness (QED) is 0.639. The van der Waals surface area contributed by atoms with Crippen molar-refractivity contribution in [3.8, 4) is 17.2 Å². The highest BCUT2D eigenvalue weighted by atomic mass is 16.5. The average molecular weight is 410 g/mol. The lowest BCUT2D eigenvalue weighted by atomic mass is 10.1. The molecular formula is C23H26N2O5. The van der Waals surface area contributed by atoms with Gasteiger partial charge in [-0.3, -0.25) is 14.2 Å². The molecular weight excluding hydrogens is 384 g/mol. The Hall–Kier alpha value is -3.48. The van der Waals surface area contributed by atoms with Crippen LogP contribution in [0, 0.1) is 6.92 Å². The maximum atomic E-state index is 13.2. The molecule has 7 heteroatoms. The molecule has 0 spiro atoms. The number of nitrogens with zero attached hydrogens (tertiary/aromatic N) is 1. The van der Waals surface area contributed by atoms with Crippen LogP contribution < -0.4 is 25.1 Å². The molecule has 0 fully saturated rings. The molecule has 1 heterocycles. The van der Waals surface area contributed by atoms with E-state index in [1.54, 1.807) is 44.6 Å². The number of carbonyl (C=O) groups excluding carboxylic acids is 1. The van der Waals surface area contributed by atoms with Gasteiger partial charge >= 0.3 is 0 Å². The summed E-state index contributed by atoms with van der Waals surface area (Å²) in [5, 5.41) is 3.75. The topological polar surface area (TPSA) is 78.8 Å². The molecule has 0 bridgehead atoms. The Labute approximate surface area is 175 Å². The maximum Gasteiger partial charge on any atom is 0.252 e. The number of amides is 1. The van der Waals surface area contributed by atoms with Gasteiger partial charge in [-0.25, -0.2) is 0 Å². The molecule has 30 heavy (non-hydrogen) atoms. The lowest BCUT2D eigenvalue weighted by Gasteiger charge is -2.22. The highest BCUT2D eigenvalue weighted by Crippen LogP contribution is 2.32. The van der Waals surface area contributed by atoms with Gasteiger partial charge in [0.25, 0.3) is 5.56 Å². The van der Waals surface area contributed by atoms with Gasteiger partial charge in [0.15, 0.2) is 0 Å². The Kier molecular flexibility index (Phi) is 6.30. The number of fused-ring (bicyclic) bond motifs is 1. The first-order chi connectivity index (χ1) is 14.4. The smallest absolute Gasteiger partial charge is 0.252 e. The normalized spacial score (nSPS) is 11.8. The number of benzene rings is 2. The van der Waals surface area contributed by atoms with E-state index in [4.69, 9.17) is 14.2 Å². The third-order valence-corrected chi connectivity index (χ3v) is 5.13. The fourth-order valence-corrected chi connectivity index (χ4v) is 3.61. The third-order valence-electron chi connectivity index (χ3n) is 5.13. The Balaban J connectivity index is 2.10. The van der Waals surface area contributed by atoms with Gasteiger partial charge in [0.2, 0.25) is 5.91 Å². The number of para-hydroxylation sites is 1. The van der Waals surface area contributed by atoms with Crippen molar-refractivity contribution >= 4 is 22.5 Å². The van der Waals surface area contributed by atoms with Crippen LogP contribution in [0.1, 0.15) is 24.9 Å². The molecule has 2 aromatic carbocycles. The van der Waals surface area contributed by atoms with Gasteiger partial charge in [0, 0.05) is 17.5 Å². The molecule has 0 saturated heterocycles. The largest absolute Gasteiger partial charge is 0.497 e. The fourth-order valence-electron chi connectivity index (χ4n) is 3.61. The Bertz CT molecular complexity index is 1140. The van der Waals surface area contributed by atoms with E-state index in [0.29, 0.717) is 34.9 Å². The second kappa shape index (κ2) is 8.90. The summed E-state index contributed by atoms with van der Waals surface area (Å²) in [6, 6.07) is 11.5. The lowest BCUT2D eigenvalue weighted by molar-refractivity contribution is -0.119. The summed E-state index contributed by atoms with van der Waals surface area (Å²) < 4.78 is 17.6. The molecule has 1 atom stereocenters. The number of anilines is 1. The first-order valence-electron chi connectivity index (χ1n) is 9.66. The van der Waals surface area contributed by atoms with Crippen molar-refractivity contribution in [1.29, 1.82) is 0 Å². The Morgan fingerprint density at radius 3 is 2.40 bits per heavy atom. The number of nitrogens with one attached hydrogen (secondary N) is 1. The standard InChI is InChI=1S/C23H26N2O5/c1-6-18(23(27)24-17-11-10-15(28-3)13-20(17)30-5)25-21(26)12-14(2)16-8-7-9-19(29-4)22(16)25/h7-13,18H,6H2,1-5H3,(H,24,27). The molecule has 7 nitrogen and oxygen atoms in total. The summed E-state index contributed by atoms with van der Waals surface area (Å²) in [7, 11) is 4.63. The minimum absolute atomic E-state index is 0.256. The lowest BCUT2D eigenvalue weighted by Crippen LogP contribution is -2.33. The first-order valence-corrected chi connectivity index (χ1v) is 9.66. The minimum Gasteiger partial charge on any atom is -0.497 e. The van der Waals surface area contributed by atoms with Crippen molar-refractivity contribution in [1.82, 2.24) is 4.57 Å². The molecule has 3 aromatic rings. The van der Waals surface area contributed by atoms with Gasteiger partial charge in [-0.2, -0.15) is 0 Å². The van der Waals surface area contributed by atoms with Crippen LogP contribution in [0.3, 0.4) is 0 Å². The molecule has 0 aliphatic heterocycles. The van der Waals surface area contributed by atoms with E-state index in [0.717, 1.165) is 10.9 Å². The maximum absolute atomic E-state index is 13.2. The summed E-state index contributed by atoms with van der Waals surface area (Å²) in [5.41, 5.74) is 1.68. The highest BCUT2D eigenvalue weighted by Gasteiger charge is 2.25. The van der Waals surface area contributed by atoms with Crippen LogP contribution in [-0.4, -0.2) is 31.8 Å². The number of aryl methyl sites for hydroxylation is 1. The van der Waals surface area contributed by atoms with Crippen molar-refractivity contribution in [2.24, 2.45) is 0 Å². The van der Waals surface area contributed by atoms with Crippen LogP contribution >= 0.6 is 0 Å². The fraction of sp³-hybridized carbons (Fsp3) is 0.304. The van der Waals surface area contributed by atoms with E-state index >= 15 is 0 Å². The van der Waals surface area contributed by atoms with Gasteiger partial charge < -0.3 is 19.5 Å². The monoisotopic (exact) mass is 410 g/mol. The van der Waals surface area contributed by atoms with Crippen molar-refractivity contribution in [2.75, 3.05) is 26.6 Å². The zero-order valence-corrected chi connectivity index (χ0v) is 17.8. The van der Waals surface area contributed by atoms with Gasteiger partial charge in [0.05, 0.1) is 32.5 Å². The van der Waals surface area contributed by atoms with Gasteiger partial charge in [0.1, 0.15) is 23.3 Å². The molecule has 0 radical (unpaired) electrons. The van der Waals surface area contributed by atoms with Crippen molar-refractivity contribution in [3.05, 3.63) is 58.4 Å². The van der Waals surface area contributed by atoms with E-state index in [9.17, 15) is 9.59 Å². The highest BCUT2D eigenvalue weighted by molar-refractivity contribution is 5.97. The van der Waals surface area contributed by atoms with Crippen LogP contribution in [0.15, 0.2) is 47.3 Å². The van der Waals surface area contributed by atoms with E-state index in [-0.39, 0.29) is 11.5 Å². The summed E-state index contributed by atoms with van der Waals surface area (Å²) in [4.78, 5) is 26.2. The Morgan fingerprint density at radius 2 is 1.77 bits per heavy atom. The summed E-state index contributed by atoms with van der Waals surface area (Å²) >= 11 is 0. The summed E-state index contributed by atoms with van der Waals surface area (Å²) in [6.07, 6.45) is 0.417.